The van der Waals surface area contributed by atoms with Gasteiger partial charge in [0.1, 0.15) is 5.82 Å². The molecule has 1 nitrogen and oxygen atoms in total. The first-order valence-corrected chi connectivity index (χ1v) is 7.09. The molecule has 1 unspecified atom stereocenters. The minimum absolute atomic E-state index is 0.165. The van der Waals surface area contributed by atoms with Gasteiger partial charge in [-0.15, -0.1) is 0 Å². The summed E-state index contributed by atoms with van der Waals surface area (Å²) < 4.78 is 13.4. The molecule has 0 amide bonds. The van der Waals surface area contributed by atoms with E-state index in [0.29, 0.717) is 0 Å². The number of halogens is 1. The van der Waals surface area contributed by atoms with Crippen LogP contribution in [0, 0.1) is 19.7 Å². The fourth-order valence-corrected chi connectivity index (χ4v) is 2.63. The van der Waals surface area contributed by atoms with E-state index in [0.717, 1.165) is 24.0 Å². The van der Waals surface area contributed by atoms with Gasteiger partial charge in [0.25, 0.3) is 0 Å². The van der Waals surface area contributed by atoms with E-state index in [4.69, 9.17) is 0 Å². The molecular weight excluding hydrogens is 249 g/mol. The lowest BCUT2D eigenvalue weighted by Gasteiger charge is -2.19. The second kappa shape index (κ2) is 6.67. The van der Waals surface area contributed by atoms with Crippen molar-refractivity contribution < 1.29 is 4.39 Å². The van der Waals surface area contributed by atoms with Gasteiger partial charge in [0.2, 0.25) is 0 Å². The van der Waals surface area contributed by atoms with Crippen molar-refractivity contribution in [2.24, 2.45) is 0 Å². The average Bonchev–Trinajstić information content (AvgIpc) is 2.45. The lowest BCUT2D eigenvalue weighted by Crippen LogP contribution is -2.18. The van der Waals surface area contributed by atoms with Crippen LogP contribution in [-0.2, 0) is 6.42 Å². The van der Waals surface area contributed by atoms with Crippen LogP contribution < -0.4 is 5.32 Å². The monoisotopic (exact) mass is 271 g/mol. The smallest absolute Gasteiger partial charge is 0.123 e. The van der Waals surface area contributed by atoms with Crippen molar-refractivity contribution in [3.05, 3.63) is 70.5 Å². The molecule has 0 bridgehead atoms. The maximum atomic E-state index is 13.4. The Hall–Kier alpha value is -1.67. The Bertz CT molecular complexity index is 577. The minimum Gasteiger partial charge on any atom is -0.313 e. The highest BCUT2D eigenvalue weighted by Gasteiger charge is 2.13. The number of hydrogen-bond donors (Lipinski definition) is 1. The molecule has 1 N–H and O–H groups in total. The van der Waals surface area contributed by atoms with Crippen molar-refractivity contribution in [2.45, 2.75) is 32.7 Å². The predicted octanol–water partition coefficient (Wildman–Crippen LogP) is 4.34. The van der Waals surface area contributed by atoms with Gasteiger partial charge in [-0.2, -0.15) is 0 Å². The number of benzene rings is 2. The summed E-state index contributed by atoms with van der Waals surface area (Å²) in [7, 11) is 1.94. The first-order chi connectivity index (χ1) is 9.61. The van der Waals surface area contributed by atoms with E-state index in [-0.39, 0.29) is 11.9 Å². The van der Waals surface area contributed by atoms with Crippen LogP contribution >= 0.6 is 0 Å². The molecule has 2 heteroatoms. The first-order valence-electron chi connectivity index (χ1n) is 7.09. The van der Waals surface area contributed by atoms with Gasteiger partial charge in [0.15, 0.2) is 0 Å². The number of nitrogens with one attached hydrogen (secondary N) is 1. The van der Waals surface area contributed by atoms with E-state index < -0.39 is 0 Å². The van der Waals surface area contributed by atoms with E-state index in [2.05, 4.69) is 36.5 Å². The summed E-state index contributed by atoms with van der Waals surface area (Å²) in [6.45, 7) is 4.17. The van der Waals surface area contributed by atoms with E-state index in [1.807, 2.05) is 20.0 Å². The standard InChI is InChI=1S/C18H22FN/c1-13-6-4-5-7-15(13)9-11-18(20-3)17-12-16(19)10-8-14(17)2/h4-8,10,12,18,20H,9,11H2,1-3H3. The number of rotatable bonds is 5. The largest absolute Gasteiger partial charge is 0.313 e. The Balaban J connectivity index is 2.13. The molecule has 0 aliphatic carbocycles. The zero-order valence-electron chi connectivity index (χ0n) is 12.4. The highest BCUT2D eigenvalue weighted by atomic mass is 19.1. The highest BCUT2D eigenvalue weighted by molar-refractivity contribution is 5.31. The van der Waals surface area contributed by atoms with Crippen molar-refractivity contribution in [1.82, 2.24) is 5.32 Å². The van der Waals surface area contributed by atoms with Gasteiger partial charge >= 0.3 is 0 Å². The van der Waals surface area contributed by atoms with Crippen LogP contribution in [0.3, 0.4) is 0 Å². The summed E-state index contributed by atoms with van der Waals surface area (Å²) in [4.78, 5) is 0. The average molecular weight is 271 g/mol. The van der Waals surface area contributed by atoms with E-state index in [1.54, 1.807) is 6.07 Å². The molecule has 0 heterocycles. The molecule has 0 radical (unpaired) electrons. The molecule has 2 rings (SSSR count). The molecule has 0 fully saturated rings. The molecular formula is C18H22FN. The van der Waals surface area contributed by atoms with Crippen LogP contribution in [0.4, 0.5) is 4.39 Å². The van der Waals surface area contributed by atoms with E-state index in [9.17, 15) is 4.39 Å². The SMILES string of the molecule is CNC(CCc1ccccc1C)c1cc(F)ccc1C. The summed E-state index contributed by atoms with van der Waals surface area (Å²) in [6.07, 6.45) is 1.96. The van der Waals surface area contributed by atoms with Crippen molar-refractivity contribution in [3.63, 3.8) is 0 Å². The molecule has 20 heavy (non-hydrogen) atoms. The first kappa shape index (κ1) is 14.7. The topological polar surface area (TPSA) is 12.0 Å². The number of hydrogen-bond acceptors (Lipinski definition) is 1. The third-order valence-corrected chi connectivity index (χ3v) is 3.93. The van der Waals surface area contributed by atoms with E-state index >= 15 is 0 Å². The highest BCUT2D eigenvalue weighted by Crippen LogP contribution is 2.24. The van der Waals surface area contributed by atoms with Gasteiger partial charge in [-0.1, -0.05) is 30.3 Å². The van der Waals surface area contributed by atoms with Crippen LogP contribution in [0.1, 0.15) is 34.7 Å². The van der Waals surface area contributed by atoms with Crippen LogP contribution in [0.5, 0.6) is 0 Å². The Morgan fingerprint density at radius 3 is 2.50 bits per heavy atom. The molecule has 0 aromatic heterocycles. The van der Waals surface area contributed by atoms with Gasteiger partial charge in [-0.25, -0.2) is 4.39 Å². The zero-order chi connectivity index (χ0) is 14.5. The second-order valence-electron chi connectivity index (χ2n) is 5.31. The minimum atomic E-state index is -0.165. The van der Waals surface area contributed by atoms with Crippen molar-refractivity contribution in [2.75, 3.05) is 7.05 Å². The Labute approximate surface area is 120 Å². The molecule has 106 valence electrons. The zero-order valence-corrected chi connectivity index (χ0v) is 12.4. The molecule has 1 atom stereocenters. The fourth-order valence-electron chi connectivity index (χ4n) is 2.63. The molecule has 0 spiro atoms. The second-order valence-corrected chi connectivity index (χ2v) is 5.31. The normalized spacial score (nSPS) is 12.4. The lowest BCUT2D eigenvalue weighted by molar-refractivity contribution is 0.539. The number of aryl methyl sites for hydroxylation is 3. The molecule has 0 aliphatic rings. The maximum Gasteiger partial charge on any atom is 0.123 e. The Morgan fingerprint density at radius 1 is 1.05 bits per heavy atom. The summed E-state index contributed by atoms with van der Waals surface area (Å²) in [6, 6.07) is 13.6. The summed E-state index contributed by atoms with van der Waals surface area (Å²) >= 11 is 0. The third-order valence-electron chi connectivity index (χ3n) is 3.93. The third kappa shape index (κ3) is 3.45. The van der Waals surface area contributed by atoms with Crippen LogP contribution in [0.25, 0.3) is 0 Å². The lowest BCUT2D eigenvalue weighted by atomic mass is 9.94. The fraction of sp³-hybridized carbons (Fsp3) is 0.333. The summed E-state index contributed by atoms with van der Waals surface area (Å²) in [5.74, 6) is -0.165. The van der Waals surface area contributed by atoms with Crippen molar-refractivity contribution >= 4 is 0 Å². The van der Waals surface area contributed by atoms with Gasteiger partial charge in [-0.05, 0) is 68.1 Å². The van der Waals surface area contributed by atoms with Crippen molar-refractivity contribution in [1.29, 1.82) is 0 Å². The van der Waals surface area contributed by atoms with E-state index in [1.165, 1.54) is 17.2 Å². The van der Waals surface area contributed by atoms with Gasteiger partial charge in [0.05, 0.1) is 0 Å². The molecule has 0 saturated heterocycles. The van der Waals surface area contributed by atoms with Gasteiger partial charge in [-0.3, -0.25) is 0 Å². The molecule has 0 saturated carbocycles. The van der Waals surface area contributed by atoms with Crippen molar-refractivity contribution in [3.8, 4) is 0 Å². The summed E-state index contributed by atoms with van der Waals surface area (Å²) in [5, 5.41) is 3.31. The molecule has 2 aromatic rings. The molecule has 0 aliphatic heterocycles. The van der Waals surface area contributed by atoms with Gasteiger partial charge in [0, 0.05) is 6.04 Å². The van der Waals surface area contributed by atoms with Crippen LogP contribution in [-0.4, -0.2) is 7.05 Å². The molecule has 2 aromatic carbocycles. The van der Waals surface area contributed by atoms with Crippen LogP contribution in [0.2, 0.25) is 0 Å². The van der Waals surface area contributed by atoms with Gasteiger partial charge < -0.3 is 5.32 Å². The Morgan fingerprint density at radius 2 is 1.80 bits per heavy atom. The quantitative estimate of drug-likeness (QED) is 0.853. The predicted molar refractivity (Wildman–Crippen MR) is 82.4 cm³/mol. The van der Waals surface area contributed by atoms with Crippen LogP contribution in [0.15, 0.2) is 42.5 Å². The summed E-state index contributed by atoms with van der Waals surface area (Å²) in [5.41, 5.74) is 4.87. The Kier molecular flexibility index (Phi) is 4.91. The maximum absolute atomic E-state index is 13.4.